The fraction of sp³-hybridized carbons (Fsp3) is 0.684. The first-order valence-electron chi connectivity index (χ1n) is 8.76. The average Bonchev–Trinajstić information content (AvgIpc) is 2.92. The van der Waals surface area contributed by atoms with Crippen LogP contribution in [0.1, 0.15) is 55.7 Å². The van der Waals surface area contributed by atoms with Gasteiger partial charge in [0.15, 0.2) is 0 Å². The third kappa shape index (κ3) is 3.47. The van der Waals surface area contributed by atoms with E-state index in [-0.39, 0.29) is 5.60 Å². The van der Waals surface area contributed by atoms with E-state index in [4.69, 9.17) is 4.74 Å². The quantitative estimate of drug-likeness (QED) is 0.840. The monoisotopic (exact) mass is 302 g/mol. The van der Waals surface area contributed by atoms with Crippen molar-refractivity contribution in [3.05, 3.63) is 29.3 Å². The van der Waals surface area contributed by atoms with Gasteiger partial charge in [-0.2, -0.15) is 0 Å². The smallest absolute Gasteiger partial charge is 0.124 e. The lowest BCUT2D eigenvalue weighted by atomic mass is 9.85. The van der Waals surface area contributed by atoms with E-state index < -0.39 is 0 Å². The molecular formula is C19H30N2O. The maximum Gasteiger partial charge on any atom is 0.124 e. The van der Waals surface area contributed by atoms with Crippen LogP contribution in [-0.4, -0.2) is 37.7 Å². The third-order valence-electron chi connectivity index (χ3n) is 5.13. The highest BCUT2D eigenvalue weighted by Gasteiger charge is 2.42. The topological polar surface area (TPSA) is 24.5 Å². The lowest BCUT2D eigenvalue weighted by Gasteiger charge is -2.40. The van der Waals surface area contributed by atoms with Crippen molar-refractivity contribution >= 4 is 0 Å². The van der Waals surface area contributed by atoms with Crippen LogP contribution < -0.4 is 10.1 Å². The summed E-state index contributed by atoms with van der Waals surface area (Å²) in [6.45, 7) is 4.39. The van der Waals surface area contributed by atoms with Gasteiger partial charge >= 0.3 is 0 Å². The van der Waals surface area contributed by atoms with Crippen molar-refractivity contribution in [1.82, 2.24) is 10.2 Å². The Morgan fingerprint density at radius 1 is 1.27 bits per heavy atom. The molecule has 0 saturated heterocycles. The summed E-state index contributed by atoms with van der Waals surface area (Å²) in [7, 11) is 4.28. The molecule has 1 N–H and O–H groups in total. The Morgan fingerprint density at radius 3 is 2.77 bits per heavy atom. The van der Waals surface area contributed by atoms with Crippen LogP contribution in [-0.2, 0) is 0 Å². The number of fused-ring (bicyclic) bond motifs is 1. The molecule has 1 saturated carbocycles. The Morgan fingerprint density at radius 2 is 2.05 bits per heavy atom. The average molecular weight is 302 g/mol. The minimum atomic E-state index is 0.0987. The minimum absolute atomic E-state index is 0.0987. The van der Waals surface area contributed by atoms with Crippen LogP contribution in [0, 0.1) is 6.92 Å². The molecule has 1 atom stereocenters. The molecule has 3 heteroatoms. The summed E-state index contributed by atoms with van der Waals surface area (Å²) < 4.78 is 6.46. The summed E-state index contributed by atoms with van der Waals surface area (Å²) in [5, 5.41) is 3.80. The molecule has 3 nitrogen and oxygen atoms in total. The van der Waals surface area contributed by atoms with Crippen LogP contribution >= 0.6 is 0 Å². The Kier molecular flexibility index (Phi) is 4.74. The second-order valence-electron chi connectivity index (χ2n) is 7.40. The highest BCUT2D eigenvalue weighted by molar-refractivity contribution is 5.42. The molecule has 0 bridgehead atoms. The standard InChI is InChI=1S/C19H30N2O/c1-15-7-8-18-16(13-15)17(20-11-6-12-21(2)3)14-19(22-18)9-4-5-10-19/h7-8,13,17,20H,4-6,9-12,14H2,1-3H3. The summed E-state index contributed by atoms with van der Waals surface area (Å²) in [4.78, 5) is 2.25. The number of benzene rings is 1. The SMILES string of the molecule is Cc1ccc2c(c1)C(NCCCN(C)C)CC1(CCCC1)O2. The zero-order valence-corrected chi connectivity index (χ0v) is 14.3. The molecule has 2 aliphatic rings. The number of aryl methyl sites for hydroxylation is 1. The van der Waals surface area contributed by atoms with E-state index in [1.165, 1.54) is 43.2 Å². The highest BCUT2D eigenvalue weighted by Crippen LogP contribution is 2.47. The molecule has 1 unspecified atom stereocenters. The molecule has 1 aromatic carbocycles. The Balaban J connectivity index is 1.73. The molecule has 0 radical (unpaired) electrons. The van der Waals surface area contributed by atoms with E-state index in [1.807, 2.05) is 0 Å². The van der Waals surface area contributed by atoms with Gasteiger partial charge in [0.2, 0.25) is 0 Å². The van der Waals surface area contributed by atoms with Gasteiger partial charge in [0.05, 0.1) is 0 Å². The number of nitrogens with one attached hydrogen (secondary N) is 1. The van der Waals surface area contributed by atoms with Crippen molar-refractivity contribution < 1.29 is 4.74 Å². The fourth-order valence-corrected chi connectivity index (χ4v) is 3.97. The molecule has 1 fully saturated rings. The second kappa shape index (κ2) is 6.59. The van der Waals surface area contributed by atoms with Gasteiger partial charge in [0, 0.05) is 18.0 Å². The van der Waals surface area contributed by atoms with Crippen LogP contribution in [0.3, 0.4) is 0 Å². The lowest BCUT2D eigenvalue weighted by Crippen LogP contribution is -2.42. The molecule has 122 valence electrons. The summed E-state index contributed by atoms with van der Waals surface area (Å²) in [5.41, 5.74) is 2.79. The maximum absolute atomic E-state index is 6.46. The molecule has 1 heterocycles. The molecule has 1 spiro atoms. The van der Waals surface area contributed by atoms with Crippen LogP contribution in [0.25, 0.3) is 0 Å². The van der Waals surface area contributed by atoms with E-state index in [2.05, 4.69) is 49.4 Å². The zero-order chi connectivity index (χ0) is 15.6. The molecular weight excluding hydrogens is 272 g/mol. The van der Waals surface area contributed by atoms with Crippen molar-refractivity contribution in [3.8, 4) is 5.75 Å². The van der Waals surface area contributed by atoms with Crippen LogP contribution in [0.4, 0.5) is 0 Å². The molecule has 3 rings (SSSR count). The first kappa shape index (κ1) is 15.8. The molecule has 22 heavy (non-hydrogen) atoms. The molecule has 1 aliphatic carbocycles. The summed E-state index contributed by atoms with van der Waals surface area (Å²) in [5.74, 6) is 1.11. The highest BCUT2D eigenvalue weighted by atomic mass is 16.5. The van der Waals surface area contributed by atoms with Crippen molar-refractivity contribution in [2.45, 2.75) is 57.1 Å². The van der Waals surface area contributed by atoms with Crippen LogP contribution in [0.15, 0.2) is 18.2 Å². The van der Waals surface area contributed by atoms with Crippen molar-refractivity contribution in [2.24, 2.45) is 0 Å². The Labute approximate surface area is 135 Å². The van der Waals surface area contributed by atoms with Gasteiger partial charge in [-0.15, -0.1) is 0 Å². The normalized spacial score (nSPS) is 22.8. The van der Waals surface area contributed by atoms with Crippen molar-refractivity contribution in [1.29, 1.82) is 0 Å². The minimum Gasteiger partial charge on any atom is -0.487 e. The van der Waals surface area contributed by atoms with E-state index in [0.29, 0.717) is 6.04 Å². The number of hydrogen-bond donors (Lipinski definition) is 1. The van der Waals surface area contributed by atoms with Gasteiger partial charge in [-0.05, 0) is 72.3 Å². The van der Waals surface area contributed by atoms with Crippen LogP contribution in [0.5, 0.6) is 5.75 Å². The number of hydrogen-bond acceptors (Lipinski definition) is 3. The van der Waals surface area contributed by atoms with Gasteiger partial charge in [-0.3, -0.25) is 0 Å². The summed E-state index contributed by atoms with van der Waals surface area (Å²) in [6.07, 6.45) is 7.39. The van der Waals surface area contributed by atoms with E-state index in [1.54, 1.807) is 0 Å². The molecule has 0 aromatic heterocycles. The Bertz CT molecular complexity index is 506. The first-order chi connectivity index (χ1) is 10.6. The number of ether oxygens (including phenoxy) is 1. The van der Waals surface area contributed by atoms with Crippen LogP contribution in [0.2, 0.25) is 0 Å². The lowest BCUT2D eigenvalue weighted by molar-refractivity contribution is 0.0366. The zero-order valence-electron chi connectivity index (χ0n) is 14.3. The van der Waals surface area contributed by atoms with Gasteiger partial charge < -0.3 is 15.0 Å². The molecule has 0 amide bonds. The summed E-state index contributed by atoms with van der Waals surface area (Å²) in [6, 6.07) is 7.11. The van der Waals surface area contributed by atoms with E-state index in [0.717, 1.165) is 25.3 Å². The van der Waals surface area contributed by atoms with Gasteiger partial charge in [-0.1, -0.05) is 17.7 Å². The Hall–Kier alpha value is -1.06. The van der Waals surface area contributed by atoms with Gasteiger partial charge in [-0.25, -0.2) is 0 Å². The van der Waals surface area contributed by atoms with Crippen molar-refractivity contribution in [2.75, 3.05) is 27.2 Å². The number of nitrogens with zero attached hydrogens (tertiary/aromatic N) is 1. The predicted molar refractivity (Wildman–Crippen MR) is 91.5 cm³/mol. The maximum atomic E-state index is 6.46. The first-order valence-corrected chi connectivity index (χ1v) is 8.76. The van der Waals surface area contributed by atoms with Crippen molar-refractivity contribution in [3.63, 3.8) is 0 Å². The fourth-order valence-electron chi connectivity index (χ4n) is 3.97. The van der Waals surface area contributed by atoms with Gasteiger partial charge in [0.1, 0.15) is 11.4 Å². The second-order valence-corrected chi connectivity index (χ2v) is 7.40. The summed E-state index contributed by atoms with van der Waals surface area (Å²) >= 11 is 0. The number of rotatable bonds is 5. The van der Waals surface area contributed by atoms with E-state index in [9.17, 15) is 0 Å². The molecule has 1 aromatic rings. The molecule has 1 aliphatic heterocycles. The van der Waals surface area contributed by atoms with E-state index >= 15 is 0 Å². The predicted octanol–water partition coefficient (Wildman–Crippen LogP) is 3.67. The third-order valence-corrected chi connectivity index (χ3v) is 5.13. The largest absolute Gasteiger partial charge is 0.487 e. The van der Waals surface area contributed by atoms with Gasteiger partial charge in [0.25, 0.3) is 0 Å².